The summed E-state index contributed by atoms with van der Waals surface area (Å²) in [6.45, 7) is 3.82. The van der Waals surface area contributed by atoms with Gasteiger partial charge in [-0.1, -0.05) is 38.7 Å². The number of nitrogens with one attached hydrogen (secondary N) is 1. The Labute approximate surface area is 132 Å². The van der Waals surface area contributed by atoms with Crippen molar-refractivity contribution in [2.45, 2.75) is 71.3 Å². The van der Waals surface area contributed by atoms with Crippen LogP contribution in [0.1, 0.15) is 65.2 Å². The van der Waals surface area contributed by atoms with E-state index in [0.29, 0.717) is 5.57 Å². The molecule has 0 aliphatic rings. The van der Waals surface area contributed by atoms with Crippen LogP contribution in [-0.2, 0) is 14.4 Å². The van der Waals surface area contributed by atoms with E-state index in [0.717, 1.165) is 19.3 Å². The summed E-state index contributed by atoms with van der Waals surface area (Å²) in [5.41, 5.74) is 5.49. The molecule has 126 valence electrons. The zero-order valence-electron chi connectivity index (χ0n) is 13.6. The van der Waals surface area contributed by atoms with Crippen LogP contribution >= 0.6 is 0 Å². The summed E-state index contributed by atoms with van der Waals surface area (Å²) in [7, 11) is 0. The molecule has 0 aromatic rings. The fourth-order valence-electron chi connectivity index (χ4n) is 1.98. The molecule has 2 amide bonds. The summed E-state index contributed by atoms with van der Waals surface area (Å²) in [6, 6.07) is -1.09. The lowest BCUT2D eigenvalue weighted by Crippen LogP contribution is -2.41. The van der Waals surface area contributed by atoms with Crippen LogP contribution in [0.3, 0.4) is 0 Å². The number of carboxylic acids is 1. The number of aliphatic carboxylic acids is 1. The zero-order chi connectivity index (χ0) is 17.0. The lowest BCUT2D eigenvalue weighted by Gasteiger charge is -2.13. The molecule has 0 saturated heterocycles. The molecular formula is C16H28N2O4. The third-order valence-electron chi connectivity index (χ3n) is 3.40. The van der Waals surface area contributed by atoms with Crippen molar-refractivity contribution in [2.75, 3.05) is 0 Å². The third kappa shape index (κ3) is 9.96. The van der Waals surface area contributed by atoms with Crippen molar-refractivity contribution in [1.82, 2.24) is 5.32 Å². The second-order valence-corrected chi connectivity index (χ2v) is 5.46. The van der Waals surface area contributed by atoms with E-state index in [1.54, 1.807) is 6.92 Å². The van der Waals surface area contributed by atoms with E-state index in [9.17, 15) is 14.4 Å². The van der Waals surface area contributed by atoms with E-state index in [1.165, 1.54) is 19.3 Å². The number of hydrogen-bond donors (Lipinski definition) is 3. The van der Waals surface area contributed by atoms with Crippen LogP contribution in [0.15, 0.2) is 11.6 Å². The van der Waals surface area contributed by atoms with Gasteiger partial charge in [0.1, 0.15) is 6.04 Å². The fraction of sp³-hybridized carbons (Fsp3) is 0.688. The molecule has 0 spiro atoms. The molecule has 22 heavy (non-hydrogen) atoms. The summed E-state index contributed by atoms with van der Waals surface area (Å²) in [5.74, 6) is -2.16. The van der Waals surface area contributed by atoms with Crippen molar-refractivity contribution in [3.63, 3.8) is 0 Å². The number of carboxylic acid groups (broad SMARTS) is 1. The van der Waals surface area contributed by atoms with E-state index in [1.807, 2.05) is 6.08 Å². The van der Waals surface area contributed by atoms with Crippen LogP contribution in [0.5, 0.6) is 0 Å². The Balaban J connectivity index is 4.23. The number of primary amides is 1. The lowest BCUT2D eigenvalue weighted by atomic mass is 10.1. The van der Waals surface area contributed by atoms with Crippen molar-refractivity contribution >= 4 is 17.8 Å². The first-order chi connectivity index (χ1) is 10.4. The molecule has 6 heteroatoms. The Morgan fingerprint density at radius 1 is 1.18 bits per heavy atom. The normalized spacial score (nSPS) is 12.7. The minimum atomic E-state index is -1.16. The van der Waals surface area contributed by atoms with Gasteiger partial charge in [-0.25, -0.2) is 4.79 Å². The Hall–Kier alpha value is -1.85. The van der Waals surface area contributed by atoms with E-state index in [-0.39, 0.29) is 12.8 Å². The van der Waals surface area contributed by atoms with Gasteiger partial charge in [0, 0.05) is 12.0 Å². The SMILES string of the molecule is CCCCCCC/C=C(\C)C(=O)NC(CCC(N)=O)C(=O)O. The summed E-state index contributed by atoms with van der Waals surface area (Å²) in [5, 5.41) is 11.4. The number of carbonyl (C=O) groups excluding carboxylic acids is 2. The number of nitrogens with two attached hydrogens (primary N) is 1. The van der Waals surface area contributed by atoms with Gasteiger partial charge < -0.3 is 16.2 Å². The van der Waals surface area contributed by atoms with Crippen molar-refractivity contribution in [2.24, 2.45) is 5.73 Å². The average molecular weight is 312 g/mol. The van der Waals surface area contributed by atoms with Crippen LogP contribution in [0.4, 0.5) is 0 Å². The van der Waals surface area contributed by atoms with Gasteiger partial charge in [0.2, 0.25) is 11.8 Å². The molecule has 0 rings (SSSR count). The fourth-order valence-corrected chi connectivity index (χ4v) is 1.98. The number of allylic oxidation sites excluding steroid dienone is 1. The summed E-state index contributed by atoms with van der Waals surface area (Å²) < 4.78 is 0. The van der Waals surface area contributed by atoms with E-state index >= 15 is 0 Å². The summed E-state index contributed by atoms with van der Waals surface area (Å²) in [4.78, 5) is 33.7. The van der Waals surface area contributed by atoms with E-state index in [4.69, 9.17) is 10.8 Å². The molecule has 0 aliphatic heterocycles. The minimum absolute atomic E-state index is 0.000699. The Kier molecular flexibility index (Phi) is 10.8. The predicted molar refractivity (Wildman–Crippen MR) is 85.1 cm³/mol. The molecule has 0 saturated carbocycles. The maximum Gasteiger partial charge on any atom is 0.326 e. The summed E-state index contributed by atoms with van der Waals surface area (Å²) >= 11 is 0. The molecule has 0 bridgehead atoms. The first-order valence-electron chi connectivity index (χ1n) is 7.87. The standard InChI is InChI=1S/C16H28N2O4/c1-3-4-5-6-7-8-9-12(2)15(20)18-13(16(21)22)10-11-14(17)19/h9,13H,3-8,10-11H2,1-2H3,(H2,17,19)(H,18,20)(H,21,22)/b12-9+. The van der Waals surface area contributed by atoms with Gasteiger partial charge in [-0.15, -0.1) is 0 Å². The third-order valence-corrected chi connectivity index (χ3v) is 3.40. The Morgan fingerprint density at radius 2 is 1.82 bits per heavy atom. The Bertz CT molecular complexity index is 405. The molecule has 0 aliphatic carbocycles. The monoisotopic (exact) mass is 312 g/mol. The average Bonchev–Trinajstić information content (AvgIpc) is 2.45. The number of hydrogen-bond acceptors (Lipinski definition) is 3. The molecule has 0 aromatic carbocycles. The quantitative estimate of drug-likeness (QED) is 0.379. The molecule has 1 atom stereocenters. The highest BCUT2D eigenvalue weighted by Gasteiger charge is 2.20. The molecule has 1 unspecified atom stereocenters. The van der Waals surface area contributed by atoms with Crippen molar-refractivity contribution in [3.05, 3.63) is 11.6 Å². The highest BCUT2D eigenvalue weighted by atomic mass is 16.4. The van der Waals surface area contributed by atoms with Gasteiger partial charge in [-0.3, -0.25) is 9.59 Å². The molecule has 0 radical (unpaired) electrons. The first kappa shape index (κ1) is 20.1. The maximum atomic E-state index is 11.9. The number of carbonyl (C=O) groups is 3. The molecule has 4 N–H and O–H groups in total. The van der Waals surface area contributed by atoms with E-state index in [2.05, 4.69) is 12.2 Å². The van der Waals surface area contributed by atoms with Gasteiger partial charge in [0.05, 0.1) is 0 Å². The van der Waals surface area contributed by atoms with Crippen LogP contribution in [-0.4, -0.2) is 28.9 Å². The zero-order valence-corrected chi connectivity index (χ0v) is 13.6. The van der Waals surface area contributed by atoms with Gasteiger partial charge in [0.25, 0.3) is 0 Å². The van der Waals surface area contributed by atoms with E-state index < -0.39 is 23.8 Å². The number of rotatable bonds is 12. The van der Waals surface area contributed by atoms with Gasteiger partial charge >= 0.3 is 5.97 Å². The maximum absolute atomic E-state index is 11.9. The van der Waals surface area contributed by atoms with Crippen molar-refractivity contribution in [3.8, 4) is 0 Å². The van der Waals surface area contributed by atoms with Crippen molar-refractivity contribution < 1.29 is 19.5 Å². The molecule has 0 heterocycles. The highest BCUT2D eigenvalue weighted by Crippen LogP contribution is 2.08. The van der Waals surface area contributed by atoms with Crippen LogP contribution in [0, 0.1) is 0 Å². The number of unbranched alkanes of at least 4 members (excludes halogenated alkanes) is 5. The highest BCUT2D eigenvalue weighted by molar-refractivity contribution is 5.95. The second kappa shape index (κ2) is 11.8. The van der Waals surface area contributed by atoms with Crippen LogP contribution < -0.4 is 11.1 Å². The first-order valence-corrected chi connectivity index (χ1v) is 7.87. The minimum Gasteiger partial charge on any atom is -0.480 e. The van der Waals surface area contributed by atoms with Crippen LogP contribution in [0.2, 0.25) is 0 Å². The molecule has 6 nitrogen and oxygen atoms in total. The molecule has 0 fully saturated rings. The Morgan fingerprint density at radius 3 is 2.36 bits per heavy atom. The van der Waals surface area contributed by atoms with Crippen LogP contribution in [0.25, 0.3) is 0 Å². The van der Waals surface area contributed by atoms with Crippen molar-refractivity contribution in [1.29, 1.82) is 0 Å². The van der Waals surface area contributed by atoms with Gasteiger partial charge in [-0.2, -0.15) is 0 Å². The summed E-state index contributed by atoms with van der Waals surface area (Å²) in [6.07, 6.45) is 8.34. The topological polar surface area (TPSA) is 109 Å². The second-order valence-electron chi connectivity index (χ2n) is 5.46. The molecule has 0 aromatic heterocycles. The molecular weight excluding hydrogens is 284 g/mol. The van der Waals surface area contributed by atoms with Gasteiger partial charge in [0.15, 0.2) is 0 Å². The smallest absolute Gasteiger partial charge is 0.326 e. The van der Waals surface area contributed by atoms with Gasteiger partial charge in [-0.05, 0) is 26.2 Å². The predicted octanol–water partition coefficient (Wildman–Crippen LogP) is 2.13. The largest absolute Gasteiger partial charge is 0.480 e. The number of amides is 2. The lowest BCUT2D eigenvalue weighted by molar-refractivity contribution is -0.141.